The Balaban J connectivity index is 2.15. The van der Waals surface area contributed by atoms with Crippen LogP contribution in [0.5, 0.6) is 11.5 Å². The van der Waals surface area contributed by atoms with Gasteiger partial charge in [0.25, 0.3) is 0 Å². The van der Waals surface area contributed by atoms with E-state index in [9.17, 15) is 19.8 Å². The lowest BCUT2D eigenvalue weighted by molar-refractivity contribution is -0.115. The minimum Gasteiger partial charge on any atom is -0.508 e. The molecule has 0 spiro atoms. The third-order valence-corrected chi connectivity index (χ3v) is 2.78. The van der Waals surface area contributed by atoms with Crippen molar-refractivity contribution in [2.24, 2.45) is 0 Å². The number of carboxylic acid groups (broad SMARTS) is 1. The van der Waals surface area contributed by atoms with E-state index in [-0.39, 0.29) is 29.2 Å². The molecule has 0 heterocycles. The molecule has 0 radical (unpaired) electrons. The fraction of sp³-hybridized carbons (Fsp3) is 0.0667. The summed E-state index contributed by atoms with van der Waals surface area (Å²) in [7, 11) is 0. The molecule has 21 heavy (non-hydrogen) atoms. The van der Waals surface area contributed by atoms with Crippen LogP contribution in [-0.4, -0.2) is 27.2 Å². The zero-order valence-electron chi connectivity index (χ0n) is 10.9. The summed E-state index contributed by atoms with van der Waals surface area (Å²) in [5, 5.41) is 30.1. The summed E-state index contributed by atoms with van der Waals surface area (Å²) in [4.78, 5) is 23.0. The van der Waals surface area contributed by atoms with E-state index < -0.39 is 11.9 Å². The van der Waals surface area contributed by atoms with E-state index in [0.29, 0.717) is 5.56 Å². The van der Waals surface area contributed by atoms with E-state index >= 15 is 0 Å². The third kappa shape index (κ3) is 3.73. The van der Waals surface area contributed by atoms with Gasteiger partial charge in [0.05, 0.1) is 17.7 Å². The first-order valence-corrected chi connectivity index (χ1v) is 6.10. The number of benzene rings is 2. The third-order valence-electron chi connectivity index (χ3n) is 2.78. The maximum atomic E-state index is 11.9. The second kappa shape index (κ2) is 5.96. The van der Waals surface area contributed by atoms with E-state index in [2.05, 4.69) is 5.32 Å². The standard InChI is InChI=1S/C15H13NO5/c17-10-3-1-2-9(6-10)7-14(19)16-13-5-4-11(18)8-12(13)15(20)21/h1-6,8,17-18H,7H2,(H,16,19)(H,20,21). The molecular weight excluding hydrogens is 274 g/mol. The van der Waals surface area contributed by atoms with Crippen molar-refractivity contribution < 1.29 is 24.9 Å². The molecule has 1 amide bonds. The van der Waals surface area contributed by atoms with Gasteiger partial charge < -0.3 is 20.6 Å². The smallest absolute Gasteiger partial charge is 0.337 e. The monoisotopic (exact) mass is 287 g/mol. The molecule has 0 bridgehead atoms. The van der Waals surface area contributed by atoms with Crippen LogP contribution in [0, 0.1) is 0 Å². The number of aromatic hydroxyl groups is 2. The average Bonchev–Trinajstić information content (AvgIpc) is 2.40. The van der Waals surface area contributed by atoms with Gasteiger partial charge in [-0.05, 0) is 35.9 Å². The summed E-state index contributed by atoms with van der Waals surface area (Å²) in [5.74, 6) is -1.82. The van der Waals surface area contributed by atoms with Gasteiger partial charge in [-0.15, -0.1) is 0 Å². The van der Waals surface area contributed by atoms with Crippen LogP contribution in [0.15, 0.2) is 42.5 Å². The summed E-state index contributed by atoms with van der Waals surface area (Å²) in [6.07, 6.45) is -0.00562. The van der Waals surface area contributed by atoms with E-state index in [1.807, 2.05) is 0 Å². The molecule has 0 aliphatic rings. The van der Waals surface area contributed by atoms with Crippen LogP contribution in [0.4, 0.5) is 5.69 Å². The lowest BCUT2D eigenvalue weighted by Crippen LogP contribution is -2.16. The molecule has 2 aromatic rings. The molecule has 0 aliphatic carbocycles. The first kappa shape index (κ1) is 14.4. The van der Waals surface area contributed by atoms with Crippen molar-refractivity contribution in [1.29, 1.82) is 0 Å². The van der Waals surface area contributed by atoms with Crippen LogP contribution in [0.3, 0.4) is 0 Å². The number of carboxylic acids is 1. The lowest BCUT2D eigenvalue weighted by Gasteiger charge is -2.09. The van der Waals surface area contributed by atoms with Crippen molar-refractivity contribution in [2.45, 2.75) is 6.42 Å². The summed E-state index contributed by atoms with van der Waals surface area (Å²) in [5.41, 5.74) is 0.507. The van der Waals surface area contributed by atoms with Crippen molar-refractivity contribution in [3.8, 4) is 11.5 Å². The molecule has 0 unspecified atom stereocenters. The minimum absolute atomic E-state index is 0.00562. The topological polar surface area (TPSA) is 107 Å². The van der Waals surface area contributed by atoms with Gasteiger partial charge in [-0.2, -0.15) is 0 Å². The first-order chi connectivity index (χ1) is 9.95. The quantitative estimate of drug-likeness (QED) is 0.643. The van der Waals surface area contributed by atoms with Gasteiger partial charge in [0.1, 0.15) is 11.5 Å². The molecule has 2 aromatic carbocycles. The number of hydrogen-bond donors (Lipinski definition) is 4. The summed E-state index contributed by atoms with van der Waals surface area (Å²) in [6.45, 7) is 0. The fourth-order valence-corrected chi connectivity index (χ4v) is 1.86. The van der Waals surface area contributed by atoms with Gasteiger partial charge in [-0.1, -0.05) is 12.1 Å². The predicted octanol–water partition coefficient (Wildman–Crippen LogP) is 1.98. The van der Waals surface area contributed by atoms with E-state index in [4.69, 9.17) is 5.11 Å². The molecule has 0 saturated carbocycles. The number of carbonyl (C=O) groups excluding carboxylic acids is 1. The van der Waals surface area contributed by atoms with E-state index in [0.717, 1.165) is 6.07 Å². The maximum absolute atomic E-state index is 11.9. The Bertz CT molecular complexity index is 696. The first-order valence-electron chi connectivity index (χ1n) is 6.10. The van der Waals surface area contributed by atoms with Gasteiger partial charge in [0.2, 0.25) is 5.91 Å². The second-order valence-electron chi connectivity index (χ2n) is 4.43. The zero-order chi connectivity index (χ0) is 15.4. The highest BCUT2D eigenvalue weighted by molar-refractivity contribution is 6.01. The minimum atomic E-state index is -1.25. The Morgan fingerprint density at radius 3 is 2.38 bits per heavy atom. The van der Waals surface area contributed by atoms with Crippen LogP contribution in [-0.2, 0) is 11.2 Å². The Morgan fingerprint density at radius 1 is 1.00 bits per heavy atom. The second-order valence-corrected chi connectivity index (χ2v) is 4.43. The number of hydrogen-bond acceptors (Lipinski definition) is 4. The fourth-order valence-electron chi connectivity index (χ4n) is 1.86. The van der Waals surface area contributed by atoms with Crippen LogP contribution in [0.2, 0.25) is 0 Å². The van der Waals surface area contributed by atoms with Gasteiger partial charge in [-0.25, -0.2) is 4.79 Å². The van der Waals surface area contributed by atoms with Crippen LogP contribution in [0.1, 0.15) is 15.9 Å². The highest BCUT2D eigenvalue weighted by Gasteiger charge is 2.13. The highest BCUT2D eigenvalue weighted by atomic mass is 16.4. The maximum Gasteiger partial charge on any atom is 0.337 e. The van der Waals surface area contributed by atoms with Crippen LogP contribution >= 0.6 is 0 Å². The van der Waals surface area contributed by atoms with Gasteiger partial charge in [0.15, 0.2) is 0 Å². The SMILES string of the molecule is O=C(Cc1cccc(O)c1)Nc1ccc(O)cc1C(=O)O. The van der Waals surface area contributed by atoms with Gasteiger partial charge >= 0.3 is 5.97 Å². The number of aromatic carboxylic acids is 1. The molecule has 0 atom stereocenters. The zero-order valence-corrected chi connectivity index (χ0v) is 10.9. The molecule has 0 saturated heterocycles. The number of anilines is 1. The van der Waals surface area contributed by atoms with Gasteiger partial charge in [0, 0.05) is 0 Å². The molecule has 0 aromatic heterocycles. The summed E-state index contributed by atoms with van der Waals surface area (Å²) < 4.78 is 0. The van der Waals surface area contributed by atoms with Crippen molar-refractivity contribution in [3.63, 3.8) is 0 Å². The average molecular weight is 287 g/mol. The number of rotatable bonds is 4. The molecule has 6 heteroatoms. The van der Waals surface area contributed by atoms with Crippen LogP contribution < -0.4 is 5.32 Å². The summed E-state index contributed by atoms with van der Waals surface area (Å²) in [6, 6.07) is 9.90. The van der Waals surface area contributed by atoms with Crippen molar-refractivity contribution in [1.82, 2.24) is 0 Å². The van der Waals surface area contributed by atoms with Crippen molar-refractivity contribution in [3.05, 3.63) is 53.6 Å². The lowest BCUT2D eigenvalue weighted by atomic mass is 10.1. The summed E-state index contributed by atoms with van der Waals surface area (Å²) >= 11 is 0. The number of carbonyl (C=O) groups is 2. The molecule has 6 nitrogen and oxygen atoms in total. The Morgan fingerprint density at radius 2 is 1.71 bits per heavy atom. The number of phenolic OH excluding ortho intramolecular Hbond substituents is 2. The van der Waals surface area contributed by atoms with Gasteiger partial charge in [-0.3, -0.25) is 4.79 Å². The van der Waals surface area contributed by atoms with E-state index in [1.54, 1.807) is 12.1 Å². The highest BCUT2D eigenvalue weighted by Crippen LogP contribution is 2.21. The normalized spacial score (nSPS) is 10.1. The van der Waals surface area contributed by atoms with Crippen LogP contribution in [0.25, 0.3) is 0 Å². The van der Waals surface area contributed by atoms with Crippen molar-refractivity contribution in [2.75, 3.05) is 5.32 Å². The number of amides is 1. The number of nitrogens with one attached hydrogen (secondary N) is 1. The molecule has 108 valence electrons. The Kier molecular flexibility index (Phi) is 4.08. The Hall–Kier alpha value is -3.02. The molecule has 2 rings (SSSR count). The number of phenols is 2. The van der Waals surface area contributed by atoms with Crippen molar-refractivity contribution >= 4 is 17.6 Å². The molecule has 4 N–H and O–H groups in total. The molecule has 0 fully saturated rings. The molecule has 0 aliphatic heterocycles. The largest absolute Gasteiger partial charge is 0.508 e. The predicted molar refractivity (Wildman–Crippen MR) is 75.5 cm³/mol. The van der Waals surface area contributed by atoms with E-state index in [1.165, 1.54) is 24.3 Å². The molecular formula is C15H13NO5. The Labute approximate surface area is 120 Å².